The monoisotopic (exact) mass is 627 g/mol. The molecular weight excluding hydrogens is 599 g/mol. The van der Waals surface area contributed by atoms with Crippen LogP contribution in [0.3, 0.4) is 0 Å². The molecule has 2 aromatic heterocycles. The number of furan rings is 2. The summed E-state index contributed by atoms with van der Waals surface area (Å²) in [5, 5.41) is 6.85. The molecule has 49 heavy (non-hydrogen) atoms. The van der Waals surface area contributed by atoms with Gasteiger partial charge in [-0.15, -0.1) is 0 Å². The number of nitrogens with zero attached hydrogens (tertiary/aromatic N) is 1. The maximum absolute atomic E-state index is 6.20. The van der Waals surface area contributed by atoms with E-state index in [1.165, 1.54) is 11.1 Å². The van der Waals surface area contributed by atoms with Crippen LogP contribution in [0.25, 0.3) is 76.9 Å². The van der Waals surface area contributed by atoms with Crippen LogP contribution in [0.5, 0.6) is 0 Å². The molecule has 0 atom stereocenters. The first kappa shape index (κ1) is 27.5. The van der Waals surface area contributed by atoms with Crippen molar-refractivity contribution in [1.82, 2.24) is 0 Å². The summed E-state index contributed by atoms with van der Waals surface area (Å²) in [6, 6.07) is 62.2. The molecule has 0 saturated carbocycles. The quantitative estimate of drug-likeness (QED) is 0.190. The molecule has 230 valence electrons. The zero-order valence-corrected chi connectivity index (χ0v) is 26.5. The Balaban J connectivity index is 1.11. The fourth-order valence-electron chi connectivity index (χ4n) is 7.28. The van der Waals surface area contributed by atoms with Crippen LogP contribution in [-0.4, -0.2) is 0 Å². The largest absolute Gasteiger partial charge is 0.456 e. The van der Waals surface area contributed by atoms with Crippen LogP contribution in [0.1, 0.15) is 0 Å². The van der Waals surface area contributed by atoms with Gasteiger partial charge in [-0.1, -0.05) is 109 Å². The summed E-state index contributed by atoms with van der Waals surface area (Å²) in [6.07, 6.45) is 0. The van der Waals surface area contributed by atoms with Gasteiger partial charge in [0.25, 0.3) is 0 Å². The summed E-state index contributed by atoms with van der Waals surface area (Å²) < 4.78 is 12.4. The van der Waals surface area contributed by atoms with Crippen LogP contribution in [0.2, 0.25) is 0 Å². The van der Waals surface area contributed by atoms with Crippen molar-refractivity contribution in [2.45, 2.75) is 0 Å². The highest BCUT2D eigenvalue weighted by molar-refractivity contribution is 6.13. The van der Waals surface area contributed by atoms with Crippen LogP contribution in [-0.2, 0) is 0 Å². The molecule has 0 fully saturated rings. The van der Waals surface area contributed by atoms with Gasteiger partial charge >= 0.3 is 0 Å². The van der Waals surface area contributed by atoms with Crippen LogP contribution < -0.4 is 4.90 Å². The van der Waals surface area contributed by atoms with E-state index in [1.54, 1.807) is 0 Å². The molecule has 0 amide bonds. The number of hydrogen-bond donors (Lipinski definition) is 0. The second-order valence-corrected chi connectivity index (χ2v) is 12.6. The van der Waals surface area contributed by atoms with Crippen molar-refractivity contribution in [3.63, 3.8) is 0 Å². The van der Waals surface area contributed by atoms with E-state index < -0.39 is 0 Å². The molecule has 2 heterocycles. The average Bonchev–Trinajstić information content (AvgIpc) is 3.73. The second-order valence-electron chi connectivity index (χ2n) is 12.6. The van der Waals surface area contributed by atoms with Gasteiger partial charge in [-0.05, 0) is 99.8 Å². The molecule has 10 aromatic rings. The van der Waals surface area contributed by atoms with E-state index >= 15 is 0 Å². The molecule has 3 nitrogen and oxygen atoms in total. The fourth-order valence-corrected chi connectivity index (χ4v) is 7.28. The molecule has 0 aliphatic rings. The van der Waals surface area contributed by atoms with Crippen LogP contribution in [0, 0.1) is 0 Å². The first-order valence-corrected chi connectivity index (χ1v) is 16.6. The second kappa shape index (κ2) is 11.0. The summed E-state index contributed by atoms with van der Waals surface area (Å²) >= 11 is 0. The lowest BCUT2D eigenvalue weighted by molar-refractivity contribution is 0.669. The zero-order valence-electron chi connectivity index (χ0n) is 26.5. The number of benzene rings is 8. The smallest absolute Gasteiger partial charge is 0.136 e. The first-order valence-electron chi connectivity index (χ1n) is 16.6. The average molecular weight is 628 g/mol. The molecule has 0 bridgehead atoms. The third-order valence-corrected chi connectivity index (χ3v) is 9.65. The number of para-hydroxylation sites is 2. The Labute approximate surface area is 282 Å². The molecule has 3 heteroatoms. The molecule has 0 unspecified atom stereocenters. The van der Waals surface area contributed by atoms with Gasteiger partial charge in [-0.3, -0.25) is 0 Å². The minimum Gasteiger partial charge on any atom is -0.456 e. The molecule has 0 saturated heterocycles. The van der Waals surface area contributed by atoms with Crippen LogP contribution in [0.4, 0.5) is 17.1 Å². The van der Waals surface area contributed by atoms with E-state index in [0.29, 0.717) is 0 Å². The van der Waals surface area contributed by atoms with E-state index in [-0.39, 0.29) is 0 Å². The SMILES string of the molecule is c1ccc(-c2ccc(N(c3ccc(-c4cccc5oc6ccccc6c45)cc3)c3ccc4cc5oc6ccccc6c5cc4c3)cc2)cc1. The number of fused-ring (bicyclic) bond motifs is 7. The Kier molecular flexibility index (Phi) is 6.18. The highest BCUT2D eigenvalue weighted by atomic mass is 16.3. The lowest BCUT2D eigenvalue weighted by Gasteiger charge is -2.26. The predicted octanol–water partition coefficient (Wildman–Crippen LogP) is 13.4. The minimum atomic E-state index is 0.901. The van der Waals surface area contributed by atoms with Crippen LogP contribution in [0.15, 0.2) is 185 Å². The van der Waals surface area contributed by atoms with Crippen molar-refractivity contribution in [2.75, 3.05) is 4.90 Å². The normalized spacial score (nSPS) is 11.7. The van der Waals surface area contributed by atoms with Crippen molar-refractivity contribution < 1.29 is 8.83 Å². The predicted molar refractivity (Wildman–Crippen MR) is 204 cm³/mol. The highest BCUT2D eigenvalue weighted by Crippen LogP contribution is 2.41. The van der Waals surface area contributed by atoms with E-state index in [4.69, 9.17) is 8.83 Å². The Morgan fingerprint density at radius 3 is 1.69 bits per heavy atom. The van der Waals surface area contributed by atoms with Crippen LogP contribution >= 0.6 is 0 Å². The van der Waals surface area contributed by atoms with Gasteiger partial charge < -0.3 is 13.7 Å². The summed E-state index contributed by atoms with van der Waals surface area (Å²) in [7, 11) is 0. The molecule has 0 radical (unpaired) electrons. The zero-order chi connectivity index (χ0) is 32.3. The molecule has 0 spiro atoms. The lowest BCUT2D eigenvalue weighted by Crippen LogP contribution is -2.09. The summed E-state index contributed by atoms with van der Waals surface area (Å²) in [5.74, 6) is 0. The van der Waals surface area contributed by atoms with Gasteiger partial charge in [0.05, 0.1) is 0 Å². The maximum atomic E-state index is 6.20. The lowest BCUT2D eigenvalue weighted by atomic mass is 9.99. The highest BCUT2D eigenvalue weighted by Gasteiger charge is 2.17. The van der Waals surface area contributed by atoms with Crippen molar-refractivity contribution in [3.8, 4) is 22.3 Å². The standard InChI is InChI=1S/C46H29NO2/c1-2-9-30(10-3-1)31-17-22-35(23-18-31)47(37-26-21-33-29-45-41(28-34(33)27-37)39-11-4-6-14-42(39)49-45)36-24-19-32(20-25-36)38-13-8-16-44-46(38)40-12-5-7-15-43(40)48-44/h1-29H. The Morgan fingerprint density at radius 1 is 0.327 bits per heavy atom. The first-order chi connectivity index (χ1) is 24.3. The van der Waals surface area contributed by atoms with E-state index in [9.17, 15) is 0 Å². The summed E-state index contributed by atoms with van der Waals surface area (Å²) in [5.41, 5.74) is 11.6. The molecule has 0 N–H and O–H groups in total. The Morgan fingerprint density at radius 2 is 0.918 bits per heavy atom. The van der Waals surface area contributed by atoms with E-state index in [0.717, 1.165) is 82.8 Å². The van der Waals surface area contributed by atoms with Crippen molar-refractivity contribution in [2.24, 2.45) is 0 Å². The van der Waals surface area contributed by atoms with Gasteiger partial charge in [-0.25, -0.2) is 0 Å². The van der Waals surface area contributed by atoms with Gasteiger partial charge in [0.2, 0.25) is 0 Å². The maximum Gasteiger partial charge on any atom is 0.136 e. The molecule has 8 aromatic carbocycles. The van der Waals surface area contributed by atoms with Crippen molar-refractivity contribution in [1.29, 1.82) is 0 Å². The van der Waals surface area contributed by atoms with Gasteiger partial charge in [0.1, 0.15) is 22.3 Å². The Hall–Kier alpha value is -6.58. The van der Waals surface area contributed by atoms with Crippen molar-refractivity contribution >= 4 is 71.7 Å². The molecule has 0 aliphatic carbocycles. The van der Waals surface area contributed by atoms with E-state index in [1.807, 2.05) is 30.3 Å². The number of hydrogen-bond acceptors (Lipinski definition) is 3. The third kappa shape index (κ3) is 4.59. The summed E-state index contributed by atoms with van der Waals surface area (Å²) in [6.45, 7) is 0. The molecule has 10 rings (SSSR count). The van der Waals surface area contributed by atoms with Gasteiger partial charge in [0, 0.05) is 38.6 Å². The summed E-state index contributed by atoms with van der Waals surface area (Å²) in [4.78, 5) is 2.34. The third-order valence-electron chi connectivity index (χ3n) is 9.65. The Bertz CT molecular complexity index is 2810. The van der Waals surface area contributed by atoms with Gasteiger partial charge in [-0.2, -0.15) is 0 Å². The topological polar surface area (TPSA) is 29.5 Å². The fraction of sp³-hybridized carbons (Fsp3) is 0. The van der Waals surface area contributed by atoms with Gasteiger partial charge in [0.15, 0.2) is 0 Å². The number of anilines is 3. The molecule has 0 aliphatic heterocycles. The minimum absolute atomic E-state index is 0.901. The molecular formula is C46H29NO2. The van der Waals surface area contributed by atoms with Crippen molar-refractivity contribution in [3.05, 3.63) is 176 Å². The van der Waals surface area contributed by atoms with E-state index in [2.05, 4.69) is 150 Å². The number of rotatable bonds is 5.